The van der Waals surface area contributed by atoms with E-state index in [-0.39, 0.29) is 0 Å². The summed E-state index contributed by atoms with van der Waals surface area (Å²) in [6, 6.07) is 0. The maximum absolute atomic E-state index is 2.51. The highest BCUT2D eigenvalue weighted by molar-refractivity contribution is 4.97. The van der Waals surface area contributed by atoms with Crippen LogP contribution in [-0.2, 0) is 0 Å². The highest BCUT2D eigenvalue weighted by Gasteiger charge is 2.46. The average molecular weight is 166 g/mol. The van der Waals surface area contributed by atoms with Gasteiger partial charge in [0.15, 0.2) is 0 Å². The van der Waals surface area contributed by atoms with Crippen molar-refractivity contribution in [1.82, 2.24) is 0 Å². The van der Waals surface area contributed by atoms with Gasteiger partial charge in [0.2, 0.25) is 0 Å². The lowest BCUT2D eigenvalue weighted by molar-refractivity contribution is 0.327. The molecule has 0 nitrogen and oxygen atoms in total. The third kappa shape index (κ3) is 1.53. The molecule has 0 bridgehead atoms. The molecule has 0 amide bonds. The summed E-state index contributed by atoms with van der Waals surface area (Å²) < 4.78 is 0. The highest BCUT2D eigenvalue weighted by Crippen LogP contribution is 2.57. The monoisotopic (exact) mass is 166 g/mol. The Kier molecular flexibility index (Phi) is 2.18. The van der Waals surface area contributed by atoms with Crippen LogP contribution in [0.25, 0.3) is 0 Å². The van der Waals surface area contributed by atoms with Crippen molar-refractivity contribution < 1.29 is 0 Å². The van der Waals surface area contributed by atoms with Crippen LogP contribution in [-0.4, -0.2) is 0 Å². The van der Waals surface area contributed by atoms with Gasteiger partial charge in [-0.2, -0.15) is 0 Å². The molecule has 0 aromatic heterocycles. The molecule has 0 N–H and O–H groups in total. The molecule has 0 aliphatic heterocycles. The second-order valence-corrected chi connectivity index (χ2v) is 5.32. The Balaban J connectivity index is 1.82. The fourth-order valence-electron chi connectivity index (χ4n) is 2.98. The SMILES string of the molecule is CCCC1CCC(C2(C)CC2)C1. The Morgan fingerprint density at radius 1 is 1.25 bits per heavy atom. The molecule has 2 unspecified atom stereocenters. The predicted octanol–water partition coefficient (Wildman–Crippen LogP) is 4.00. The molecule has 0 spiro atoms. The quantitative estimate of drug-likeness (QED) is 0.594. The zero-order valence-corrected chi connectivity index (χ0v) is 8.60. The van der Waals surface area contributed by atoms with E-state index in [1.807, 2.05) is 0 Å². The molecule has 2 atom stereocenters. The van der Waals surface area contributed by atoms with Crippen molar-refractivity contribution in [2.24, 2.45) is 17.3 Å². The van der Waals surface area contributed by atoms with Crippen molar-refractivity contribution in [2.75, 3.05) is 0 Å². The molecule has 2 fully saturated rings. The van der Waals surface area contributed by atoms with E-state index >= 15 is 0 Å². The van der Waals surface area contributed by atoms with Crippen LogP contribution in [0.3, 0.4) is 0 Å². The van der Waals surface area contributed by atoms with Crippen LogP contribution in [0, 0.1) is 17.3 Å². The molecule has 2 saturated carbocycles. The van der Waals surface area contributed by atoms with Crippen LogP contribution in [0.15, 0.2) is 0 Å². The van der Waals surface area contributed by atoms with Gasteiger partial charge < -0.3 is 0 Å². The first-order valence-electron chi connectivity index (χ1n) is 5.74. The van der Waals surface area contributed by atoms with E-state index in [0.29, 0.717) is 0 Å². The van der Waals surface area contributed by atoms with E-state index in [4.69, 9.17) is 0 Å². The molecule has 0 radical (unpaired) electrons. The second-order valence-electron chi connectivity index (χ2n) is 5.32. The summed E-state index contributed by atoms with van der Waals surface area (Å²) >= 11 is 0. The summed E-state index contributed by atoms with van der Waals surface area (Å²) in [6.07, 6.45) is 10.6. The smallest absolute Gasteiger partial charge is 0.0297 e. The first-order valence-corrected chi connectivity index (χ1v) is 5.74. The van der Waals surface area contributed by atoms with Gasteiger partial charge in [0.1, 0.15) is 0 Å². The number of hydrogen-bond donors (Lipinski definition) is 0. The normalized spacial score (nSPS) is 38.5. The molecule has 0 saturated heterocycles. The zero-order valence-electron chi connectivity index (χ0n) is 8.60. The maximum Gasteiger partial charge on any atom is -0.0297 e. The van der Waals surface area contributed by atoms with Gasteiger partial charge in [-0.15, -0.1) is 0 Å². The lowest BCUT2D eigenvalue weighted by Gasteiger charge is -2.17. The summed E-state index contributed by atoms with van der Waals surface area (Å²) in [5.41, 5.74) is 0.808. The molecule has 0 heteroatoms. The summed E-state index contributed by atoms with van der Waals surface area (Å²) in [4.78, 5) is 0. The van der Waals surface area contributed by atoms with E-state index in [1.54, 1.807) is 12.8 Å². The van der Waals surface area contributed by atoms with Crippen LogP contribution in [0.5, 0.6) is 0 Å². The standard InChI is InChI=1S/C12H22/c1-3-4-10-5-6-11(9-10)12(2)7-8-12/h10-11H,3-9H2,1-2H3. The van der Waals surface area contributed by atoms with Gasteiger partial charge >= 0.3 is 0 Å². The van der Waals surface area contributed by atoms with E-state index in [9.17, 15) is 0 Å². The minimum absolute atomic E-state index is 0.808. The van der Waals surface area contributed by atoms with E-state index < -0.39 is 0 Å². The third-order valence-electron chi connectivity index (χ3n) is 4.26. The fraction of sp³-hybridized carbons (Fsp3) is 1.00. The van der Waals surface area contributed by atoms with Crippen molar-refractivity contribution in [3.63, 3.8) is 0 Å². The number of hydrogen-bond acceptors (Lipinski definition) is 0. The Bertz CT molecular complexity index is 155. The van der Waals surface area contributed by atoms with Crippen LogP contribution >= 0.6 is 0 Å². The molecule has 0 aromatic carbocycles. The lowest BCUT2D eigenvalue weighted by Crippen LogP contribution is -2.08. The van der Waals surface area contributed by atoms with Crippen molar-refractivity contribution in [3.8, 4) is 0 Å². The Labute approximate surface area is 76.7 Å². The summed E-state index contributed by atoms with van der Waals surface area (Å²) in [5, 5.41) is 0. The predicted molar refractivity (Wildman–Crippen MR) is 53.1 cm³/mol. The number of rotatable bonds is 3. The minimum Gasteiger partial charge on any atom is -0.0654 e. The Hall–Kier alpha value is 0. The molecule has 2 aliphatic carbocycles. The summed E-state index contributed by atoms with van der Waals surface area (Å²) in [6.45, 7) is 4.83. The lowest BCUT2D eigenvalue weighted by atomic mass is 9.88. The van der Waals surface area contributed by atoms with Crippen molar-refractivity contribution in [1.29, 1.82) is 0 Å². The molecule has 0 heterocycles. The third-order valence-corrected chi connectivity index (χ3v) is 4.26. The van der Waals surface area contributed by atoms with Gasteiger partial charge in [0, 0.05) is 0 Å². The molecular formula is C12H22. The molecular weight excluding hydrogens is 144 g/mol. The maximum atomic E-state index is 2.51. The van der Waals surface area contributed by atoms with Gasteiger partial charge in [0.25, 0.3) is 0 Å². The van der Waals surface area contributed by atoms with Crippen molar-refractivity contribution in [2.45, 2.75) is 58.8 Å². The van der Waals surface area contributed by atoms with Crippen LogP contribution in [0.4, 0.5) is 0 Å². The van der Waals surface area contributed by atoms with E-state index in [0.717, 1.165) is 17.3 Å². The zero-order chi connectivity index (χ0) is 8.60. The first kappa shape index (κ1) is 8.59. The largest absolute Gasteiger partial charge is 0.0654 e. The van der Waals surface area contributed by atoms with Gasteiger partial charge in [0.05, 0.1) is 0 Å². The van der Waals surface area contributed by atoms with Gasteiger partial charge in [-0.05, 0) is 42.9 Å². The highest BCUT2D eigenvalue weighted by atomic mass is 14.5. The summed E-state index contributed by atoms with van der Waals surface area (Å²) in [5.74, 6) is 2.20. The fourth-order valence-corrected chi connectivity index (χ4v) is 2.98. The van der Waals surface area contributed by atoms with Gasteiger partial charge in [-0.1, -0.05) is 33.1 Å². The molecule has 2 rings (SSSR count). The van der Waals surface area contributed by atoms with Crippen molar-refractivity contribution >= 4 is 0 Å². The van der Waals surface area contributed by atoms with E-state index in [1.165, 1.54) is 32.1 Å². The van der Waals surface area contributed by atoms with Crippen molar-refractivity contribution in [3.05, 3.63) is 0 Å². The molecule has 2 aliphatic rings. The molecule has 70 valence electrons. The Morgan fingerprint density at radius 3 is 2.58 bits per heavy atom. The van der Waals surface area contributed by atoms with E-state index in [2.05, 4.69) is 13.8 Å². The van der Waals surface area contributed by atoms with Crippen LogP contribution in [0.1, 0.15) is 58.8 Å². The first-order chi connectivity index (χ1) is 5.74. The average Bonchev–Trinajstić information content (AvgIpc) is 2.64. The topological polar surface area (TPSA) is 0 Å². The van der Waals surface area contributed by atoms with Gasteiger partial charge in [-0.3, -0.25) is 0 Å². The Morgan fingerprint density at radius 2 is 2.00 bits per heavy atom. The van der Waals surface area contributed by atoms with Crippen LogP contribution < -0.4 is 0 Å². The van der Waals surface area contributed by atoms with Crippen LogP contribution in [0.2, 0.25) is 0 Å². The molecule has 12 heavy (non-hydrogen) atoms. The second kappa shape index (κ2) is 3.05. The summed E-state index contributed by atoms with van der Waals surface area (Å²) in [7, 11) is 0. The van der Waals surface area contributed by atoms with Gasteiger partial charge in [-0.25, -0.2) is 0 Å². The molecule has 0 aromatic rings. The minimum atomic E-state index is 0.808.